The van der Waals surface area contributed by atoms with Crippen molar-refractivity contribution < 1.29 is 38.6 Å². The van der Waals surface area contributed by atoms with E-state index in [0.717, 1.165) is 0 Å². The van der Waals surface area contributed by atoms with Crippen molar-refractivity contribution in [3.8, 4) is 0 Å². The topological polar surface area (TPSA) is 192 Å². The number of hydrogen-bond donors (Lipinski definition) is 6. The number of carbonyl (C=O) groups excluding carboxylic acids is 5. The maximum Gasteiger partial charge on any atom is 0.408 e. The van der Waals surface area contributed by atoms with Gasteiger partial charge in [0.15, 0.2) is 0 Å². The summed E-state index contributed by atoms with van der Waals surface area (Å²) in [6.45, 7) is 3.42. The molecular formula is C60H59N5O8. The summed E-state index contributed by atoms with van der Waals surface area (Å²) in [6.07, 6.45) is -2.38. The summed E-state index contributed by atoms with van der Waals surface area (Å²) in [7, 11) is 0. The van der Waals surface area contributed by atoms with Crippen molar-refractivity contribution in [1.29, 1.82) is 0 Å². The van der Waals surface area contributed by atoms with E-state index >= 15 is 0 Å². The Morgan fingerprint density at radius 1 is 0.425 bits per heavy atom. The number of ether oxygens (including phenoxy) is 1. The van der Waals surface area contributed by atoms with Crippen molar-refractivity contribution in [1.82, 2.24) is 26.6 Å². The molecule has 0 bridgehead atoms. The van der Waals surface area contributed by atoms with Gasteiger partial charge in [-0.15, -0.1) is 0 Å². The first-order chi connectivity index (χ1) is 35.4. The predicted octanol–water partition coefficient (Wildman–Crippen LogP) is 8.38. The number of alkyl carbamates (subject to hydrolysis) is 1. The summed E-state index contributed by atoms with van der Waals surface area (Å²) >= 11 is 0. The van der Waals surface area contributed by atoms with Crippen LogP contribution < -0.4 is 26.6 Å². The fraction of sp³-hybridized carbons (Fsp3) is 0.200. The van der Waals surface area contributed by atoms with E-state index in [0.29, 0.717) is 38.9 Å². The lowest BCUT2D eigenvalue weighted by Crippen LogP contribution is -2.58. The Morgan fingerprint density at radius 2 is 0.712 bits per heavy atom. The van der Waals surface area contributed by atoms with Gasteiger partial charge in [-0.05, 0) is 51.3 Å². The van der Waals surface area contributed by atoms with E-state index in [1.807, 2.05) is 188 Å². The number of carboxylic acid groups (broad SMARTS) is 1. The van der Waals surface area contributed by atoms with Crippen LogP contribution in [-0.4, -0.2) is 58.9 Å². The van der Waals surface area contributed by atoms with Crippen molar-refractivity contribution in [3.63, 3.8) is 0 Å². The molecule has 5 amide bonds. The Kier molecular flexibility index (Phi) is 17.7. The molecule has 0 saturated heterocycles. The van der Waals surface area contributed by atoms with Gasteiger partial charge in [-0.2, -0.15) is 0 Å². The van der Waals surface area contributed by atoms with Crippen LogP contribution in [0.15, 0.2) is 212 Å². The first-order valence-corrected chi connectivity index (χ1v) is 24.1. The highest BCUT2D eigenvalue weighted by Gasteiger charge is 2.42. The van der Waals surface area contributed by atoms with Crippen LogP contribution in [0, 0.1) is 5.92 Å². The van der Waals surface area contributed by atoms with Crippen molar-refractivity contribution in [2.75, 3.05) is 0 Å². The Bertz CT molecular complexity index is 2720. The van der Waals surface area contributed by atoms with Gasteiger partial charge in [0.2, 0.25) is 23.6 Å². The molecule has 0 aromatic heterocycles. The van der Waals surface area contributed by atoms with E-state index in [4.69, 9.17) is 4.74 Å². The lowest BCUT2D eigenvalue weighted by atomic mass is 9.77. The van der Waals surface area contributed by atoms with Crippen LogP contribution in [0.5, 0.6) is 0 Å². The maximum absolute atomic E-state index is 14.9. The lowest BCUT2D eigenvalue weighted by molar-refractivity contribution is -0.143. The smallest absolute Gasteiger partial charge is 0.408 e. The zero-order valence-corrected chi connectivity index (χ0v) is 40.7. The third kappa shape index (κ3) is 13.1. The van der Waals surface area contributed by atoms with Gasteiger partial charge in [0.25, 0.3) is 0 Å². The molecule has 73 heavy (non-hydrogen) atoms. The highest BCUT2D eigenvalue weighted by atomic mass is 16.5. The number of aliphatic carboxylic acids is 1. The molecule has 13 heteroatoms. The molecule has 0 spiro atoms. The summed E-state index contributed by atoms with van der Waals surface area (Å²) in [5, 5.41) is 24.4. The molecule has 0 aliphatic heterocycles. The van der Waals surface area contributed by atoms with Crippen molar-refractivity contribution >= 4 is 35.7 Å². The molecular weight excluding hydrogens is 919 g/mol. The van der Waals surface area contributed by atoms with Crippen LogP contribution >= 0.6 is 0 Å². The van der Waals surface area contributed by atoms with Gasteiger partial charge in [-0.1, -0.05) is 226 Å². The van der Waals surface area contributed by atoms with Crippen molar-refractivity contribution in [2.24, 2.45) is 5.92 Å². The molecule has 0 fully saturated rings. The quantitative estimate of drug-likeness (QED) is 0.0365. The van der Waals surface area contributed by atoms with Crippen LogP contribution in [0.1, 0.15) is 72.1 Å². The molecule has 0 aliphatic rings. The fourth-order valence-corrected chi connectivity index (χ4v) is 9.02. The van der Waals surface area contributed by atoms with Crippen LogP contribution in [0.4, 0.5) is 4.79 Å². The number of amides is 5. The maximum atomic E-state index is 14.9. The SMILES string of the molecule is CC(C)C[C@@H](NC(=O)[C@@H](CC(=O)NC(c1ccccc1)(c1ccccc1)c1ccccc1)NC(=O)[C@H](CC(=O)NC(c1ccccc1)(c1ccccc1)c1ccccc1)NC(=O)OCc1ccccc1)C(=O)O. The van der Waals surface area contributed by atoms with Crippen LogP contribution in [0.3, 0.4) is 0 Å². The highest BCUT2D eigenvalue weighted by molar-refractivity contribution is 5.97. The third-order valence-corrected chi connectivity index (χ3v) is 12.4. The first-order valence-electron chi connectivity index (χ1n) is 24.1. The van der Waals surface area contributed by atoms with Crippen molar-refractivity contribution in [3.05, 3.63) is 251 Å². The van der Waals surface area contributed by atoms with Gasteiger partial charge in [-0.3, -0.25) is 19.2 Å². The van der Waals surface area contributed by atoms with Crippen molar-refractivity contribution in [2.45, 2.75) is 68.9 Å². The van der Waals surface area contributed by atoms with E-state index in [9.17, 15) is 33.9 Å². The number of carboxylic acids is 1. The number of hydrogen-bond acceptors (Lipinski definition) is 7. The molecule has 372 valence electrons. The second kappa shape index (κ2) is 24.8. The Balaban J connectivity index is 1.26. The molecule has 0 unspecified atom stereocenters. The van der Waals surface area contributed by atoms with Gasteiger partial charge in [0.1, 0.15) is 35.8 Å². The first kappa shape index (κ1) is 52.0. The predicted molar refractivity (Wildman–Crippen MR) is 278 cm³/mol. The monoisotopic (exact) mass is 977 g/mol. The van der Waals surface area contributed by atoms with E-state index in [-0.39, 0.29) is 18.9 Å². The molecule has 13 nitrogen and oxygen atoms in total. The molecule has 6 N–H and O–H groups in total. The van der Waals surface area contributed by atoms with Crippen LogP contribution in [-0.2, 0) is 46.4 Å². The van der Waals surface area contributed by atoms with E-state index in [1.54, 1.807) is 38.1 Å². The second-order valence-corrected chi connectivity index (χ2v) is 18.0. The summed E-state index contributed by atoms with van der Waals surface area (Å²) in [4.78, 5) is 85.4. The van der Waals surface area contributed by atoms with Gasteiger partial charge in [0, 0.05) is 0 Å². The largest absolute Gasteiger partial charge is 0.480 e. The molecule has 0 radical (unpaired) electrons. The second-order valence-electron chi connectivity index (χ2n) is 18.0. The Morgan fingerprint density at radius 3 is 1.01 bits per heavy atom. The standard InChI is InChI=1S/C60H59N5O8/c1-42(2)38-52(57(70)71)62-55(68)50(39-53(66)64-59(44-26-12-4-13-27-44,45-28-14-5-15-29-45)46-30-16-6-17-31-46)61-56(69)51(63-58(72)73-41-43-24-10-3-11-25-43)40-54(67)65-60(47-32-18-7-19-33-47,48-34-20-8-21-35-48)49-36-22-9-23-37-49/h3-37,42,50-52H,38-41H2,1-2H3,(H,61,69)(H,62,68)(H,63,72)(H,64,66)(H,65,67)(H,70,71)/t50-,51+,52-/m1/s1. The minimum atomic E-state index is -1.73. The molecule has 0 heterocycles. The minimum absolute atomic E-state index is 0.0384. The Labute approximate surface area is 425 Å². The molecule has 0 aliphatic carbocycles. The average molecular weight is 978 g/mol. The number of benzene rings is 7. The van der Waals surface area contributed by atoms with Gasteiger partial charge in [-0.25, -0.2) is 9.59 Å². The van der Waals surface area contributed by atoms with Gasteiger partial charge >= 0.3 is 12.1 Å². The van der Waals surface area contributed by atoms with Crippen LogP contribution in [0.2, 0.25) is 0 Å². The third-order valence-electron chi connectivity index (χ3n) is 12.4. The summed E-state index contributed by atoms with van der Waals surface area (Å²) in [5.74, 6) is -4.86. The zero-order chi connectivity index (χ0) is 51.6. The molecule has 3 atom stereocenters. The molecule has 7 aromatic carbocycles. The zero-order valence-electron chi connectivity index (χ0n) is 40.7. The molecule has 7 aromatic rings. The highest BCUT2D eigenvalue weighted by Crippen LogP contribution is 2.38. The number of rotatable bonds is 22. The lowest BCUT2D eigenvalue weighted by Gasteiger charge is -2.37. The van der Waals surface area contributed by atoms with E-state index < -0.39 is 77.7 Å². The summed E-state index contributed by atoms with van der Waals surface area (Å²) < 4.78 is 5.54. The normalized spacial score (nSPS) is 12.5. The fourth-order valence-electron chi connectivity index (χ4n) is 9.02. The van der Waals surface area contributed by atoms with E-state index in [1.165, 1.54) is 0 Å². The van der Waals surface area contributed by atoms with E-state index in [2.05, 4.69) is 26.6 Å². The minimum Gasteiger partial charge on any atom is -0.480 e. The average Bonchev–Trinajstić information content (AvgIpc) is 3.42. The number of nitrogens with one attached hydrogen (secondary N) is 5. The number of carbonyl (C=O) groups is 6. The summed E-state index contributed by atoms with van der Waals surface area (Å²) in [6, 6.07) is 59.8. The van der Waals surface area contributed by atoms with Gasteiger partial charge in [0.05, 0.1) is 12.8 Å². The molecule has 0 saturated carbocycles. The summed E-state index contributed by atoms with van der Waals surface area (Å²) in [5.41, 5.74) is 2.21. The Hall–Kier alpha value is -8.84. The van der Waals surface area contributed by atoms with Crippen LogP contribution in [0.25, 0.3) is 0 Å². The molecule has 7 rings (SSSR count). The van der Waals surface area contributed by atoms with Gasteiger partial charge < -0.3 is 36.4 Å².